The fourth-order valence-electron chi connectivity index (χ4n) is 6.07. The van der Waals surface area contributed by atoms with Gasteiger partial charge in [0.2, 0.25) is 29.4 Å². The SMILES string of the molecule is CCCC(NC(=O)[C@@H]1CCCN1C(=O)C(N)C1CCCCC1)C(=O)C(=O)NCC(=O)NC(C(=O)N(C)C)C1=CC=CCC1. The van der Waals surface area contributed by atoms with Crippen LogP contribution in [0.5, 0.6) is 0 Å². The highest BCUT2D eigenvalue weighted by Crippen LogP contribution is 2.28. The lowest BCUT2D eigenvalue weighted by atomic mass is 9.83. The Morgan fingerprint density at radius 2 is 1.74 bits per heavy atom. The van der Waals surface area contributed by atoms with Gasteiger partial charge in [-0.15, -0.1) is 0 Å². The fraction of sp³-hybridized carbons (Fsp3) is 0.677. The summed E-state index contributed by atoms with van der Waals surface area (Å²) in [4.78, 5) is 80.7. The van der Waals surface area contributed by atoms with E-state index in [0.29, 0.717) is 32.2 Å². The van der Waals surface area contributed by atoms with Crippen LogP contribution >= 0.6 is 0 Å². The van der Waals surface area contributed by atoms with Gasteiger partial charge in [0, 0.05) is 20.6 Å². The van der Waals surface area contributed by atoms with E-state index < -0.39 is 54.2 Å². The van der Waals surface area contributed by atoms with Gasteiger partial charge < -0.3 is 31.5 Å². The van der Waals surface area contributed by atoms with Crippen molar-refractivity contribution in [3.8, 4) is 0 Å². The number of hydrogen-bond acceptors (Lipinski definition) is 7. The van der Waals surface area contributed by atoms with Gasteiger partial charge in [0.05, 0.1) is 18.6 Å². The molecule has 1 aliphatic heterocycles. The predicted molar refractivity (Wildman–Crippen MR) is 161 cm³/mol. The smallest absolute Gasteiger partial charge is 0.290 e. The van der Waals surface area contributed by atoms with E-state index in [1.165, 1.54) is 9.80 Å². The first kappa shape index (κ1) is 34.0. The van der Waals surface area contributed by atoms with Crippen molar-refractivity contribution >= 4 is 35.3 Å². The maximum absolute atomic E-state index is 13.3. The average molecular weight is 601 g/mol. The third-order valence-corrected chi connectivity index (χ3v) is 8.53. The van der Waals surface area contributed by atoms with Crippen LogP contribution in [0, 0.1) is 5.92 Å². The Hall–Kier alpha value is -3.54. The molecule has 0 aromatic rings. The van der Waals surface area contributed by atoms with Gasteiger partial charge in [0.1, 0.15) is 12.1 Å². The molecular formula is C31H48N6O6. The van der Waals surface area contributed by atoms with E-state index >= 15 is 0 Å². The van der Waals surface area contributed by atoms with Gasteiger partial charge in [-0.25, -0.2) is 0 Å². The number of carbonyl (C=O) groups excluding carboxylic acids is 6. The number of nitrogens with two attached hydrogens (primary N) is 1. The molecule has 0 aromatic carbocycles. The van der Waals surface area contributed by atoms with E-state index in [0.717, 1.165) is 44.1 Å². The van der Waals surface area contributed by atoms with E-state index in [2.05, 4.69) is 16.0 Å². The summed E-state index contributed by atoms with van der Waals surface area (Å²) in [5.41, 5.74) is 7.09. The number of amides is 5. The molecule has 1 saturated heterocycles. The molecule has 0 aromatic heterocycles. The summed E-state index contributed by atoms with van der Waals surface area (Å²) in [6, 6.07) is -3.39. The zero-order chi connectivity index (χ0) is 31.5. The number of nitrogens with zero attached hydrogens (tertiary/aromatic N) is 2. The number of rotatable bonds is 13. The van der Waals surface area contributed by atoms with Crippen molar-refractivity contribution < 1.29 is 28.8 Å². The average Bonchev–Trinajstić information content (AvgIpc) is 3.52. The summed E-state index contributed by atoms with van der Waals surface area (Å²) in [7, 11) is 3.18. The van der Waals surface area contributed by atoms with E-state index in [-0.39, 0.29) is 24.2 Å². The molecule has 2 aliphatic carbocycles. The number of nitrogens with one attached hydrogen (secondary N) is 3. The fourth-order valence-corrected chi connectivity index (χ4v) is 6.07. The molecule has 1 heterocycles. The van der Waals surface area contributed by atoms with Gasteiger partial charge in [-0.05, 0) is 56.4 Å². The third-order valence-electron chi connectivity index (χ3n) is 8.53. The Morgan fingerprint density at radius 1 is 1.02 bits per heavy atom. The predicted octanol–water partition coefficient (Wildman–Crippen LogP) is 0.705. The maximum Gasteiger partial charge on any atom is 0.290 e. The zero-order valence-electron chi connectivity index (χ0n) is 25.7. The van der Waals surface area contributed by atoms with E-state index in [9.17, 15) is 28.8 Å². The summed E-state index contributed by atoms with van der Waals surface area (Å²) >= 11 is 0. The van der Waals surface area contributed by atoms with Crippen LogP contribution in [0.4, 0.5) is 0 Å². The monoisotopic (exact) mass is 600 g/mol. The number of likely N-dealkylation sites (tertiary alicyclic amines) is 1. The van der Waals surface area contributed by atoms with Crippen molar-refractivity contribution in [3.05, 3.63) is 23.8 Å². The highest BCUT2D eigenvalue weighted by molar-refractivity contribution is 6.38. The van der Waals surface area contributed by atoms with Crippen LogP contribution in [0.3, 0.4) is 0 Å². The molecule has 3 unspecified atom stereocenters. The summed E-state index contributed by atoms with van der Waals surface area (Å²) < 4.78 is 0. The number of carbonyl (C=O) groups is 6. The third kappa shape index (κ3) is 9.22. The second kappa shape index (κ2) is 16.3. The first-order valence-electron chi connectivity index (χ1n) is 15.6. The summed E-state index contributed by atoms with van der Waals surface area (Å²) in [5, 5.41) is 7.67. The van der Waals surface area contributed by atoms with Crippen molar-refractivity contribution in [2.45, 2.75) is 102 Å². The van der Waals surface area contributed by atoms with E-state index in [1.54, 1.807) is 20.2 Å². The normalized spacial score (nSPS) is 20.8. The minimum absolute atomic E-state index is 0.105. The number of hydrogen-bond donors (Lipinski definition) is 4. The van der Waals surface area contributed by atoms with Gasteiger partial charge >= 0.3 is 0 Å². The quantitative estimate of drug-likeness (QED) is 0.226. The van der Waals surface area contributed by atoms with Crippen LogP contribution in [0.2, 0.25) is 0 Å². The molecule has 0 radical (unpaired) electrons. The molecule has 0 spiro atoms. The Labute approximate surface area is 254 Å². The van der Waals surface area contributed by atoms with Crippen molar-refractivity contribution in [3.63, 3.8) is 0 Å². The Balaban J connectivity index is 1.57. The standard InChI is InChI=1S/C31H48N6O6/c1-4-12-22(34-28(40)23-17-11-18-37(23)30(42)25(32)20-13-7-5-8-14-20)27(39)29(41)33-19-24(38)35-26(31(43)36(2)3)21-15-9-6-10-16-21/h6,9,15,20,22-23,25-26H,4-5,7-8,10-14,16-19,32H2,1-3H3,(H,33,41)(H,34,40)(H,35,38)/t22?,23-,25?,26?/m0/s1. The molecule has 2 fully saturated rings. The van der Waals surface area contributed by atoms with Crippen molar-refractivity contribution in [2.24, 2.45) is 11.7 Å². The molecule has 0 bridgehead atoms. The molecule has 3 rings (SSSR count). The molecular weight excluding hydrogens is 552 g/mol. The first-order chi connectivity index (χ1) is 20.5. The Bertz CT molecular complexity index is 1110. The molecule has 238 valence electrons. The molecule has 1 saturated carbocycles. The van der Waals surface area contributed by atoms with Crippen LogP contribution < -0.4 is 21.7 Å². The highest BCUT2D eigenvalue weighted by Gasteiger charge is 2.40. The molecule has 3 aliphatic rings. The minimum Gasteiger partial charge on any atom is -0.347 e. The second-order valence-electron chi connectivity index (χ2n) is 12.0. The molecule has 4 atom stereocenters. The minimum atomic E-state index is -1.10. The van der Waals surface area contributed by atoms with Crippen LogP contribution in [-0.4, -0.2) is 96.5 Å². The van der Waals surface area contributed by atoms with Crippen LogP contribution in [0.25, 0.3) is 0 Å². The molecule has 12 heteroatoms. The largest absolute Gasteiger partial charge is 0.347 e. The van der Waals surface area contributed by atoms with Crippen LogP contribution in [0.15, 0.2) is 23.8 Å². The van der Waals surface area contributed by atoms with Crippen LogP contribution in [-0.2, 0) is 28.8 Å². The molecule has 43 heavy (non-hydrogen) atoms. The van der Waals surface area contributed by atoms with E-state index in [1.807, 2.05) is 19.1 Å². The van der Waals surface area contributed by atoms with Gasteiger partial charge in [-0.1, -0.05) is 50.8 Å². The second-order valence-corrected chi connectivity index (χ2v) is 12.0. The van der Waals surface area contributed by atoms with Gasteiger partial charge in [0.15, 0.2) is 0 Å². The topological polar surface area (TPSA) is 171 Å². The number of Topliss-reactive ketones (excluding diaryl/α,β-unsaturated/α-hetero) is 1. The molecule has 5 amide bonds. The summed E-state index contributed by atoms with van der Waals surface area (Å²) in [6.45, 7) is 1.73. The Kier molecular flexibility index (Phi) is 12.9. The number of allylic oxidation sites excluding steroid dienone is 3. The molecule has 5 N–H and O–H groups in total. The Morgan fingerprint density at radius 3 is 2.37 bits per heavy atom. The number of likely N-dealkylation sites (N-methyl/N-ethyl adjacent to an activating group) is 1. The van der Waals surface area contributed by atoms with Crippen molar-refractivity contribution in [1.82, 2.24) is 25.8 Å². The van der Waals surface area contributed by atoms with Gasteiger partial charge in [0.25, 0.3) is 5.91 Å². The number of ketones is 1. The van der Waals surface area contributed by atoms with Crippen molar-refractivity contribution in [2.75, 3.05) is 27.2 Å². The summed E-state index contributed by atoms with van der Waals surface area (Å²) in [5.74, 6) is -3.43. The van der Waals surface area contributed by atoms with Gasteiger partial charge in [-0.2, -0.15) is 0 Å². The first-order valence-corrected chi connectivity index (χ1v) is 15.6. The zero-order valence-corrected chi connectivity index (χ0v) is 25.7. The summed E-state index contributed by atoms with van der Waals surface area (Å²) in [6.07, 6.45) is 13.8. The molecule has 12 nitrogen and oxygen atoms in total. The van der Waals surface area contributed by atoms with E-state index in [4.69, 9.17) is 5.73 Å². The van der Waals surface area contributed by atoms with Crippen molar-refractivity contribution in [1.29, 1.82) is 0 Å². The lowest BCUT2D eigenvalue weighted by Crippen LogP contribution is -2.56. The van der Waals surface area contributed by atoms with Gasteiger partial charge in [-0.3, -0.25) is 28.8 Å². The maximum atomic E-state index is 13.3. The lowest BCUT2D eigenvalue weighted by Gasteiger charge is -2.32. The lowest BCUT2D eigenvalue weighted by molar-refractivity contribution is -0.143. The van der Waals surface area contributed by atoms with Crippen LogP contribution in [0.1, 0.15) is 77.6 Å². The highest BCUT2D eigenvalue weighted by atomic mass is 16.2.